The zero-order valence-electron chi connectivity index (χ0n) is 12.6. The molecule has 0 aromatic heterocycles. The van der Waals surface area contributed by atoms with Crippen LogP contribution in [0.25, 0.3) is 0 Å². The van der Waals surface area contributed by atoms with Crippen molar-refractivity contribution in [1.29, 1.82) is 0 Å². The van der Waals surface area contributed by atoms with Crippen molar-refractivity contribution < 1.29 is 9.53 Å². The maximum absolute atomic E-state index is 11.7. The van der Waals surface area contributed by atoms with E-state index in [0.717, 1.165) is 30.4 Å². The minimum atomic E-state index is -0.183. The van der Waals surface area contributed by atoms with E-state index in [9.17, 15) is 4.79 Å². The van der Waals surface area contributed by atoms with Crippen LogP contribution in [-0.4, -0.2) is 36.7 Å². The molecule has 1 saturated heterocycles. The second kappa shape index (κ2) is 7.80. The molecule has 1 amide bonds. The van der Waals surface area contributed by atoms with Gasteiger partial charge in [-0.15, -0.1) is 0 Å². The van der Waals surface area contributed by atoms with E-state index in [-0.39, 0.29) is 6.09 Å². The molecule has 0 aliphatic carbocycles. The summed E-state index contributed by atoms with van der Waals surface area (Å²) in [6.45, 7) is 6.00. The van der Waals surface area contributed by atoms with Gasteiger partial charge in [0.15, 0.2) is 0 Å². The van der Waals surface area contributed by atoms with Gasteiger partial charge >= 0.3 is 6.09 Å². The van der Waals surface area contributed by atoms with Crippen molar-refractivity contribution in [2.24, 2.45) is 0 Å². The van der Waals surface area contributed by atoms with E-state index in [2.05, 4.69) is 52.4 Å². The van der Waals surface area contributed by atoms with Crippen molar-refractivity contribution in [3.8, 4) is 0 Å². The number of likely N-dealkylation sites (tertiary alicyclic amines) is 1. The number of nitrogens with one attached hydrogen (secondary N) is 1. The van der Waals surface area contributed by atoms with Crippen LogP contribution in [0.1, 0.15) is 38.3 Å². The summed E-state index contributed by atoms with van der Waals surface area (Å²) in [5, 5.41) is 3.65. The number of ether oxygens (including phenoxy) is 1. The van der Waals surface area contributed by atoms with Crippen LogP contribution in [-0.2, 0) is 4.74 Å². The number of amides is 1. The predicted molar refractivity (Wildman–Crippen MR) is 87.3 cm³/mol. The molecule has 1 aliphatic heterocycles. The van der Waals surface area contributed by atoms with E-state index < -0.39 is 0 Å². The first-order valence-electron chi connectivity index (χ1n) is 7.53. The molecule has 1 aromatic rings. The first kappa shape index (κ1) is 16.3. The molecule has 1 fully saturated rings. The number of benzene rings is 1. The summed E-state index contributed by atoms with van der Waals surface area (Å²) < 4.78 is 6.14. The van der Waals surface area contributed by atoms with Crippen molar-refractivity contribution in [3.05, 3.63) is 34.3 Å². The van der Waals surface area contributed by atoms with E-state index in [1.807, 2.05) is 6.92 Å². The van der Waals surface area contributed by atoms with Crippen molar-refractivity contribution in [1.82, 2.24) is 10.2 Å². The number of hydrogen-bond acceptors (Lipinski definition) is 3. The number of halogens is 1. The summed E-state index contributed by atoms with van der Waals surface area (Å²) in [5.41, 5.74) is 1.28. The standard InChI is InChI=1S/C16H23BrN2O2/c1-3-21-16(20)19-10-8-15(9-11-19)18-12(2)13-4-6-14(17)7-5-13/h4-7,12,15,18H,3,8-11H2,1-2H3/t12-/m1/s1. The molecule has 4 nitrogen and oxygen atoms in total. The summed E-state index contributed by atoms with van der Waals surface area (Å²) in [5.74, 6) is 0. The average molecular weight is 355 g/mol. The van der Waals surface area contributed by atoms with Gasteiger partial charge in [-0.05, 0) is 44.4 Å². The number of carbonyl (C=O) groups excluding carboxylic acids is 1. The Labute approximate surface area is 135 Å². The van der Waals surface area contributed by atoms with E-state index in [4.69, 9.17) is 4.74 Å². The molecule has 5 heteroatoms. The van der Waals surface area contributed by atoms with Crippen molar-refractivity contribution in [2.75, 3.05) is 19.7 Å². The molecule has 2 rings (SSSR count). The molecule has 1 aliphatic rings. The molecule has 0 unspecified atom stereocenters. The average Bonchev–Trinajstić information content (AvgIpc) is 2.49. The Bertz CT molecular complexity index is 456. The lowest BCUT2D eigenvalue weighted by atomic mass is 10.0. The number of rotatable bonds is 4. The van der Waals surface area contributed by atoms with Gasteiger partial charge in [0.2, 0.25) is 0 Å². The van der Waals surface area contributed by atoms with Gasteiger partial charge in [0.1, 0.15) is 0 Å². The maximum Gasteiger partial charge on any atom is 0.409 e. The van der Waals surface area contributed by atoms with Crippen LogP contribution < -0.4 is 5.32 Å². The monoisotopic (exact) mass is 354 g/mol. The second-order valence-corrected chi connectivity index (χ2v) is 6.32. The highest BCUT2D eigenvalue weighted by Crippen LogP contribution is 2.19. The number of hydrogen-bond donors (Lipinski definition) is 1. The van der Waals surface area contributed by atoms with E-state index in [1.54, 1.807) is 4.90 Å². The minimum absolute atomic E-state index is 0.183. The smallest absolute Gasteiger partial charge is 0.409 e. The van der Waals surface area contributed by atoms with E-state index in [1.165, 1.54) is 5.56 Å². The van der Waals surface area contributed by atoms with Gasteiger partial charge < -0.3 is 15.0 Å². The van der Waals surface area contributed by atoms with Crippen LogP contribution in [0.15, 0.2) is 28.7 Å². The Hall–Kier alpha value is -1.07. The third-order valence-corrected chi connectivity index (χ3v) is 4.41. The Balaban J connectivity index is 1.80. The molecule has 1 atom stereocenters. The van der Waals surface area contributed by atoms with Crippen LogP contribution in [0.4, 0.5) is 4.79 Å². The largest absolute Gasteiger partial charge is 0.450 e. The summed E-state index contributed by atoms with van der Waals surface area (Å²) in [6, 6.07) is 9.17. The maximum atomic E-state index is 11.7. The number of piperidine rings is 1. The van der Waals surface area contributed by atoms with Gasteiger partial charge in [0, 0.05) is 29.6 Å². The second-order valence-electron chi connectivity index (χ2n) is 5.40. The fourth-order valence-electron chi connectivity index (χ4n) is 2.64. The highest BCUT2D eigenvalue weighted by atomic mass is 79.9. The Morgan fingerprint density at radius 1 is 1.38 bits per heavy atom. The Kier molecular flexibility index (Phi) is 6.06. The molecule has 1 N–H and O–H groups in total. The zero-order valence-corrected chi connectivity index (χ0v) is 14.2. The molecule has 0 radical (unpaired) electrons. The lowest BCUT2D eigenvalue weighted by Gasteiger charge is -2.33. The van der Waals surface area contributed by atoms with Crippen LogP contribution in [0.5, 0.6) is 0 Å². The van der Waals surface area contributed by atoms with Crippen LogP contribution in [0.2, 0.25) is 0 Å². The molecule has 0 saturated carbocycles. The van der Waals surface area contributed by atoms with Crippen molar-refractivity contribution >= 4 is 22.0 Å². The molecule has 0 spiro atoms. The lowest BCUT2D eigenvalue weighted by molar-refractivity contribution is 0.0944. The SMILES string of the molecule is CCOC(=O)N1CCC(N[C@H](C)c2ccc(Br)cc2)CC1. The van der Waals surface area contributed by atoms with Crippen molar-refractivity contribution in [2.45, 2.75) is 38.8 Å². The van der Waals surface area contributed by atoms with Gasteiger partial charge in [0.05, 0.1) is 6.61 Å². The molecule has 21 heavy (non-hydrogen) atoms. The van der Waals surface area contributed by atoms with Gasteiger partial charge in [-0.2, -0.15) is 0 Å². The molecular formula is C16H23BrN2O2. The summed E-state index contributed by atoms with van der Waals surface area (Å²) >= 11 is 3.46. The molecular weight excluding hydrogens is 332 g/mol. The normalized spacial score (nSPS) is 17.6. The number of carbonyl (C=O) groups is 1. The van der Waals surface area contributed by atoms with E-state index >= 15 is 0 Å². The van der Waals surface area contributed by atoms with Crippen molar-refractivity contribution in [3.63, 3.8) is 0 Å². The molecule has 1 aromatic carbocycles. The third-order valence-electron chi connectivity index (χ3n) is 3.88. The zero-order chi connectivity index (χ0) is 15.2. The topological polar surface area (TPSA) is 41.6 Å². The predicted octanol–water partition coefficient (Wildman–Crippen LogP) is 3.72. The van der Waals surface area contributed by atoms with E-state index in [0.29, 0.717) is 18.7 Å². The Morgan fingerprint density at radius 3 is 2.57 bits per heavy atom. The first-order valence-corrected chi connectivity index (χ1v) is 8.32. The summed E-state index contributed by atoms with van der Waals surface area (Å²) in [6.07, 6.45) is 1.76. The van der Waals surface area contributed by atoms with Crippen LogP contribution in [0.3, 0.4) is 0 Å². The first-order chi connectivity index (χ1) is 10.1. The van der Waals surface area contributed by atoms with Crippen LogP contribution in [0, 0.1) is 0 Å². The van der Waals surface area contributed by atoms with Gasteiger partial charge in [-0.25, -0.2) is 4.79 Å². The highest BCUT2D eigenvalue weighted by molar-refractivity contribution is 9.10. The lowest BCUT2D eigenvalue weighted by Crippen LogP contribution is -2.45. The third kappa shape index (κ3) is 4.71. The Morgan fingerprint density at radius 2 is 2.00 bits per heavy atom. The summed E-state index contributed by atoms with van der Waals surface area (Å²) in [7, 11) is 0. The summed E-state index contributed by atoms with van der Waals surface area (Å²) in [4.78, 5) is 13.5. The van der Waals surface area contributed by atoms with Gasteiger partial charge in [0.25, 0.3) is 0 Å². The van der Waals surface area contributed by atoms with Crippen LogP contribution >= 0.6 is 15.9 Å². The molecule has 116 valence electrons. The molecule has 0 bridgehead atoms. The minimum Gasteiger partial charge on any atom is -0.450 e. The fourth-order valence-corrected chi connectivity index (χ4v) is 2.91. The molecule has 1 heterocycles. The quantitative estimate of drug-likeness (QED) is 0.895. The van der Waals surface area contributed by atoms with Gasteiger partial charge in [-0.1, -0.05) is 28.1 Å². The van der Waals surface area contributed by atoms with Gasteiger partial charge in [-0.3, -0.25) is 0 Å². The fraction of sp³-hybridized carbons (Fsp3) is 0.562. The number of nitrogens with zero attached hydrogens (tertiary/aromatic N) is 1. The highest BCUT2D eigenvalue weighted by Gasteiger charge is 2.24.